The largest absolute Gasteiger partial charge is 0.481 e. The molecule has 2 amide bonds. The van der Waals surface area contributed by atoms with Crippen LogP contribution in [0.5, 0.6) is 0 Å². The van der Waals surface area contributed by atoms with E-state index in [-0.39, 0.29) is 63.4 Å². The van der Waals surface area contributed by atoms with E-state index in [1.807, 2.05) is 30.3 Å². The zero-order valence-corrected chi connectivity index (χ0v) is 26.5. The molecule has 3 atom stereocenters. The normalized spacial score (nSPS) is 18.9. The van der Waals surface area contributed by atoms with Crippen molar-refractivity contribution >= 4 is 30.1 Å². The summed E-state index contributed by atoms with van der Waals surface area (Å²) >= 11 is 0. The van der Waals surface area contributed by atoms with Crippen molar-refractivity contribution in [2.24, 2.45) is 5.92 Å². The predicted octanol–water partition coefficient (Wildman–Crippen LogP) is 4.82. The molecule has 256 valence electrons. The predicted molar refractivity (Wildman–Crippen MR) is 165 cm³/mol. The minimum Gasteiger partial charge on any atom is -0.481 e. The maximum atomic E-state index is 12.3. The SMILES string of the molecule is O=C(O)CCCOC(=O)CNC(=O)OC1CCC[C@@H](C(OCCCCOC(=O)CNC(=O)OC2CCCCC2)c2ccccc2)C1. The van der Waals surface area contributed by atoms with Crippen molar-refractivity contribution in [3.63, 3.8) is 0 Å². The van der Waals surface area contributed by atoms with Gasteiger partial charge >= 0.3 is 30.1 Å². The fourth-order valence-corrected chi connectivity index (χ4v) is 5.68. The van der Waals surface area contributed by atoms with Gasteiger partial charge in [0.1, 0.15) is 25.3 Å². The molecule has 0 heterocycles. The van der Waals surface area contributed by atoms with Crippen LogP contribution in [-0.2, 0) is 38.1 Å². The Hall–Kier alpha value is -3.87. The van der Waals surface area contributed by atoms with Crippen LogP contribution in [0.4, 0.5) is 9.59 Å². The third-order valence-corrected chi connectivity index (χ3v) is 7.97. The van der Waals surface area contributed by atoms with Crippen LogP contribution in [0.3, 0.4) is 0 Å². The number of carbonyl (C=O) groups is 5. The van der Waals surface area contributed by atoms with Crippen molar-refractivity contribution in [3.8, 4) is 0 Å². The highest BCUT2D eigenvalue weighted by Crippen LogP contribution is 2.38. The van der Waals surface area contributed by atoms with Crippen LogP contribution in [0.15, 0.2) is 30.3 Å². The van der Waals surface area contributed by atoms with Gasteiger partial charge < -0.3 is 39.4 Å². The van der Waals surface area contributed by atoms with E-state index < -0.39 is 30.1 Å². The number of alkyl carbamates (subject to hydrolysis) is 2. The summed E-state index contributed by atoms with van der Waals surface area (Å²) in [7, 11) is 0. The lowest BCUT2D eigenvalue weighted by Crippen LogP contribution is -2.36. The van der Waals surface area contributed by atoms with Crippen molar-refractivity contribution < 1.29 is 52.8 Å². The van der Waals surface area contributed by atoms with Crippen LogP contribution in [-0.4, -0.2) is 80.3 Å². The zero-order valence-electron chi connectivity index (χ0n) is 26.5. The van der Waals surface area contributed by atoms with E-state index >= 15 is 0 Å². The second-order valence-corrected chi connectivity index (χ2v) is 11.7. The summed E-state index contributed by atoms with van der Waals surface area (Å²) in [5, 5.41) is 13.5. The standard InChI is InChI=1S/C33H48N2O11/c36-28(37)17-10-20-43-30(39)23-35-33(41)46-27-16-9-13-25(21-27)31(24-11-3-1-4-12-24)44-19-8-7-18-42-29(38)22-34-32(40)45-26-14-5-2-6-15-26/h1,3-4,11-12,25-27,31H,2,5-10,13-23H2,(H,34,40)(H,35,41)(H,36,37)/t25-,27?,31?/m1/s1. The summed E-state index contributed by atoms with van der Waals surface area (Å²) in [5.41, 5.74) is 1.03. The second-order valence-electron chi connectivity index (χ2n) is 11.7. The molecular weight excluding hydrogens is 600 g/mol. The van der Waals surface area contributed by atoms with Crippen molar-refractivity contribution in [2.75, 3.05) is 32.9 Å². The summed E-state index contributed by atoms with van der Waals surface area (Å²) < 4.78 is 27.4. The maximum Gasteiger partial charge on any atom is 0.407 e. The molecule has 0 saturated heterocycles. The number of ether oxygens (including phenoxy) is 5. The van der Waals surface area contributed by atoms with Gasteiger partial charge in [-0.25, -0.2) is 9.59 Å². The molecule has 0 radical (unpaired) electrons. The van der Waals surface area contributed by atoms with Gasteiger partial charge in [0.25, 0.3) is 0 Å². The number of nitrogens with one attached hydrogen (secondary N) is 2. The van der Waals surface area contributed by atoms with Gasteiger partial charge in [-0.15, -0.1) is 0 Å². The Morgan fingerprint density at radius 1 is 0.717 bits per heavy atom. The van der Waals surface area contributed by atoms with E-state index in [2.05, 4.69) is 10.6 Å². The van der Waals surface area contributed by atoms with E-state index in [1.54, 1.807) is 0 Å². The van der Waals surface area contributed by atoms with Crippen LogP contribution >= 0.6 is 0 Å². The molecule has 46 heavy (non-hydrogen) atoms. The molecule has 2 saturated carbocycles. The Bertz CT molecular complexity index is 1090. The van der Waals surface area contributed by atoms with Crippen molar-refractivity contribution in [2.45, 2.75) is 102 Å². The number of carbonyl (C=O) groups excluding carboxylic acids is 4. The Morgan fingerprint density at radius 3 is 1.96 bits per heavy atom. The van der Waals surface area contributed by atoms with E-state index in [0.29, 0.717) is 32.3 Å². The molecular formula is C33H48N2O11. The lowest BCUT2D eigenvalue weighted by atomic mass is 9.81. The minimum atomic E-state index is -0.971. The highest BCUT2D eigenvalue weighted by atomic mass is 16.6. The molecule has 2 unspecified atom stereocenters. The van der Waals surface area contributed by atoms with Gasteiger partial charge in [-0.1, -0.05) is 36.8 Å². The Morgan fingerprint density at radius 2 is 1.30 bits per heavy atom. The molecule has 0 aromatic heterocycles. The van der Waals surface area contributed by atoms with Crippen molar-refractivity contribution in [1.29, 1.82) is 0 Å². The van der Waals surface area contributed by atoms with Crippen LogP contribution in [0.1, 0.15) is 95.1 Å². The number of amides is 2. The fourth-order valence-electron chi connectivity index (χ4n) is 5.68. The van der Waals surface area contributed by atoms with E-state index in [9.17, 15) is 24.0 Å². The average molecular weight is 649 g/mol. The van der Waals surface area contributed by atoms with Crippen LogP contribution in [0.25, 0.3) is 0 Å². The van der Waals surface area contributed by atoms with Crippen LogP contribution in [0.2, 0.25) is 0 Å². The molecule has 13 heteroatoms. The Balaban J connectivity index is 1.34. The fraction of sp³-hybridized carbons (Fsp3) is 0.667. The minimum absolute atomic E-state index is 0.0337. The Labute approximate surface area is 270 Å². The molecule has 0 spiro atoms. The quantitative estimate of drug-likeness (QED) is 0.113. The molecule has 3 N–H and O–H groups in total. The van der Waals surface area contributed by atoms with Gasteiger partial charge in [0, 0.05) is 13.0 Å². The van der Waals surface area contributed by atoms with Gasteiger partial charge in [-0.3, -0.25) is 14.4 Å². The third kappa shape index (κ3) is 14.9. The number of esters is 2. The number of unbranched alkanes of at least 4 members (excludes halogenated alkanes) is 1. The maximum absolute atomic E-state index is 12.3. The molecule has 1 aromatic rings. The summed E-state index contributed by atoms with van der Waals surface area (Å²) in [6, 6.07) is 9.87. The van der Waals surface area contributed by atoms with Gasteiger partial charge in [0.05, 0.1) is 19.3 Å². The first-order chi connectivity index (χ1) is 22.3. The second kappa shape index (κ2) is 21.0. The number of rotatable bonds is 18. The third-order valence-electron chi connectivity index (χ3n) is 7.97. The van der Waals surface area contributed by atoms with Gasteiger partial charge in [0.2, 0.25) is 0 Å². The summed E-state index contributed by atoms with van der Waals surface area (Å²) in [6.45, 7) is 0.0202. The number of hydrogen-bond donors (Lipinski definition) is 3. The first-order valence-corrected chi connectivity index (χ1v) is 16.4. The first-order valence-electron chi connectivity index (χ1n) is 16.4. The summed E-state index contributed by atoms with van der Waals surface area (Å²) in [4.78, 5) is 58.6. The van der Waals surface area contributed by atoms with E-state index in [1.165, 1.54) is 0 Å². The highest BCUT2D eigenvalue weighted by molar-refractivity contribution is 5.78. The molecule has 0 bridgehead atoms. The number of carboxylic acids is 1. The molecule has 0 aliphatic heterocycles. The molecule has 13 nitrogen and oxygen atoms in total. The van der Waals surface area contributed by atoms with Crippen molar-refractivity contribution in [1.82, 2.24) is 10.6 Å². The van der Waals surface area contributed by atoms with Gasteiger partial charge in [-0.05, 0) is 82.1 Å². The van der Waals surface area contributed by atoms with Crippen molar-refractivity contribution in [3.05, 3.63) is 35.9 Å². The average Bonchev–Trinajstić information content (AvgIpc) is 3.05. The first kappa shape index (κ1) is 36.6. The molecule has 2 aliphatic carbocycles. The molecule has 2 aliphatic rings. The number of benzene rings is 1. The molecule has 3 rings (SSSR count). The van der Waals surface area contributed by atoms with E-state index in [0.717, 1.165) is 50.5 Å². The smallest absolute Gasteiger partial charge is 0.407 e. The highest BCUT2D eigenvalue weighted by Gasteiger charge is 2.32. The monoisotopic (exact) mass is 648 g/mol. The lowest BCUT2D eigenvalue weighted by molar-refractivity contribution is -0.144. The zero-order chi connectivity index (χ0) is 33.0. The molecule has 1 aromatic carbocycles. The van der Waals surface area contributed by atoms with Gasteiger partial charge in [0.15, 0.2) is 0 Å². The topological polar surface area (TPSA) is 176 Å². The van der Waals surface area contributed by atoms with Gasteiger partial charge in [-0.2, -0.15) is 0 Å². The Kier molecular flexibility index (Phi) is 16.7. The van der Waals surface area contributed by atoms with Crippen LogP contribution < -0.4 is 10.6 Å². The number of carboxylic acid groups (broad SMARTS) is 1. The lowest BCUT2D eigenvalue weighted by Gasteiger charge is -2.34. The number of aliphatic carboxylic acids is 1. The van der Waals surface area contributed by atoms with E-state index in [4.69, 9.17) is 28.8 Å². The van der Waals surface area contributed by atoms with Crippen LogP contribution in [0, 0.1) is 5.92 Å². The summed E-state index contributed by atoms with van der Waals surface area (Å²) in [6.07, 6.45) is 7.43. The number of hydrogen-bond acceptors (Lipinski definition) is 10. The molecule has 2 fully saturated rings. The summed E-state index contributed by atoms with van der Waals surface area (Å²) in [5.74, 6) is -2.05.